The molecular formula is C14H13IN2O3. The Morgan fingerprint density at radius 3 is 2.60 bits per heavy atom. The van der Waals surface area contributed by atoms with E-state index >= 15 is 0 Å². The molecule has 0 heterocycles. The molecule has 104 valence electrons. The highest BCUT2D eigenvalue weighted by atomic mass is 127. The molecular weight excluding hydrogens is 371 g/mol. The molecule has 0 radical (unpaired) electrons. The lowest BCUT2D eigenvalue weighted by molar-refractivity contribution is 0.0950. The lowest BCUT2D eigenvalue weighted by Crippen LogP contribution is -2.22. The molecule has 0 unspecified atom stereocenters. The van der Waals surface area contributed by atoms with Gasteiger partial charge in [0.25, 0.3) is 5.91 Å². The summed E-state index contributed by atoms with van der Waals surface area (Å²) in [6.45, 7) is 0.155. The zero-order chi connectivity index (χ0) is 14.7. The van der Waals surface area contributed by atoms with Crippen LogP contribution in [0.1, 0.15) is 15.9 Å². The molecule has 0 aliphatic heterocycles. The number of benzene rings is 2. The number of nitrogens with two attached hydrogens (primary N) is 1. The summed E-state index contributed by atoms with van der Waals surface area (Å²) in [5, 5.41) is 21.9. The predicted octanol–water partition coefficient (Wildman–Crippen LogP) is 2.21. The van der Waals surface area contributed by atoms with Crippen LogP contribution in [0.4, 0.5) is 5.69 Å². The standard InChI is InChI=1S/C14H13IN2O3/c15-11-3-1-8(6-13(11)19)14(20)17-7-9-5-10(16)2-4-12(9)18/h1-6,18-19H,7,16H2,(H,17,20). The van der Waals surface area contributed by atoms with Gasteiger partial charge in [0.2, 0.25) is 0 Å². The van der Waals surface area contributed by atoms with E-state index in [2.05, 4.69) is 5.32 Å². The molecule has 0 atom stereocenters. The maximum Gasteiger partial charge on any atom is 0.251 e. The van der Waals surface area contributed by atoms with Crippen LogP contribution in [0.5, 0.6) is 11.5 Å². The molecule has 0 saturated heterocycles. The number of carbonyl (C=O) groups excluding carboxylic acids is 1. The first-order valence-electron chi connectivity index (χ1n) is 5.81. The molecule has 5 N–H and O–H groups in total. The number of hydrogen-bond acceptors (Lipinski definition) is 4. The molecule has 0 bridgehead atoms. The van der Waals surface area contributed by atoms with Crippen molar-refractivity contribution in [3.8, 4) is 11.5 Å². The highest BCUT2D eigenvalue weighted by molar-refractivity contribution is 14.1. The molecule has 2 aromatic rings. The smallest absolute Gasteiger partial charge is 0.251 e. The van der Waals surface area contributed by atoms with Crippen LogP contribution >= 0.6 is 22.6 Å². The first-order chi connectivity index (χ1) is 9.47. The zero-order valence-corrected chi connectivity index (χ0v) is 12.6. The van der Waals surface area contributed by atoms with Crippen LogP contribution in [0.2, 0.25) is 0 Å². The van der Waals surface area contributed by atoms with Crippen molar-refractivity contribution < 1.29 is 15.0 Å². The van der Waals surface area contributed by atoms with Gasteiger partial charge in [0.15, 0.2) is 0 Å². The maximum atomic E-state index is 11.9. The molecule has 6 heteroatoms. The Kier molecular flexibility index (Phi) is 4.33. The van der Waals surface area contributed by atoms with E-state index in [1.807, 2.05) is 22.6 Å². The van der Waals surface area contributed by atoms with Gasteiger partial charge in [-0.3, -0.25) is 4.79 Å². The molecule has 0 aliphatic carbocycles. The average molecular weight is 384 g/mol. The molecule has 2 rings (SSSR count). The van der Waals surface area contributed by atoms with Gasteiger partial charge in [0.1, 0.15) is 11.5 Å². The van der Waals surface area contributed by atoms with E-state index in [0.717, 1.165) is 0 Å². The monoisotopic (exact) mass is 384 g/mol. The van der Waals surface area contributed by atoms with Crippen molar-refractivity contribution in [3.63, 3.8) is 0 Å². The second kappa shape index (κ2) is 6.00. The fourth-order valence-electron chi connectivity index (χ4n) is 1.68. The number of nitrogens with one attached hydrogen (secondary N) is 1. The number of aromatic hydroxyl groups is 2. The van der Waals surface area contributed by atoms with Crippen LogP contribution in [0, 0.1) is 3.57 Å². The second-order valence-electron chi connectivity index (χ2n) is 4.24. The van der Waals surface area contributed by atoms with E-state index in [9.17, 15) is 15.0 Å². The lowest BCUT2D eigenvalue weighted by Gasteiger charge is -2.08. The van der Waals surface area contributed by atoms with Gasteiger partial charge in [-0.05, 0) is 59.0 Å². The number of hydrogen-bond donors (Lipinski definition) is 4. The number of rotatable bonds is 3. The molecule has 0 aromatic heterocycles. The van der Waals surface area contributed by atoms with Gasteiger partial charge >= 0.3 is 0 Å². The highest BCUT2D eigenvalue weighted by Crippen LogP contribution is 2.21. The summed E-state index contributed by atoms with van der Waals surface area (Å²) in [6.07, 6.45) is 0. The van der Waals surface area contributed by atoms with Gasteiger partial charge < -0.3 is 21.3 Å². The van der Waals surface area contributed by atoms with Gasteiger partial charge in [-0.1, -0.05) is 0 Å². The van der Waals surface area contributed by atoms with Crippen LogP contribution in [-0.4, -0.2) is 16.1 Å². The molecule has 0 fully saturated rings. The van der Waals surface area contributed by atoms with Crippen LogP contribution in [0.3, 0.4) is 0 Å². The average Bonchev–Trinajstić information content (AvgIpc) is 2.42. The Labute approximate surface area is 129 Å². The predicted molar refractivity (Wildman–Crippen MR) is 84.5 cm³/mol. The highest BCUT2D eigenvalue weighted by Gasteiger charge is 2.09. The van der Waals surface area contributed by atoms with Crippen LogP contribution < -0.4 is 11.1 Å². The molecule has 1 amide bonds. The number of halogens is 1. The molecule has 0 saturated carbocycles. The summed E-state index contributed by atoms with van der Waals surface area (Å²) in [5.74, 6) is -0.200. The first-order valence-corrected chi connectivity index (χ1v) is 6.89. The summed E-state index contributed by atoms with van der Waals surface area (Å²) < 4.78 is 0.674. The van der Waals surface area contributed by atoms with Gasteiger partial charge in [0.05, 0.1) is 3.57 Å². The van der Waals surface area contributed by atoms with E-state index in [1.54, 1.807) is 24.3 Å². The molecule has 0 spiro atoms. The minimum atomic E-state index is -0.335. The molecule has 20 heavy (non-hydrogen) atoms. The van der Waals surface area contributed by atoms with Crippen molar-refractivity contribution in [1.29, 1.82) is 0 Å². The van der Waals surface area contributed by atoms with E-state index in [-0.39, 0.29) is 24.0 Å². The SMILES string of the molecule is Nc1ccc(O)c(CNC(=O)c2ccc(I)c(O)c2)c1. The number of phenolic OH excluding ortho intramolecular Hbond substituents is 2. The fraction of sp³-hybridized carbons (Fsp3) is 0.0714. The first kappa shape index (κ1) is 14.4. The van der Waals surface area contributed by atoms with Crippen molar-refractivity contribution in [3.05, 3.63) is 51.1 Å². The van der Waals surface area contributed by atoms with Crippen molar-refractivity contribution in [2.45, 2.75) is 6.54 Å². The zero-order valence-electron chi connectivity index (χ0n) is 10.4. The van der Waals surface area contributed by atoms with Crippen molar-refractivity contribution in [2.75, 3.05) is 5.73 Å². The van der Waals surface area contributed by atoms with Crippen molar-refractivity contribution >= 4 is 34.2 Å². The Morgan fingerprint density at radius 2 is 1.90 bits per heavy atom. The van der Waals surface area contributed by atoms with Crippen molar-refractivity contribution in [1.82, 2.24) is 5.32 Å². The summed E-state index contributed by atoms with van der Waals surface area (Å²) in [7, 11) is 0. The largest absolute Gasteiger partial charge is 0.508 e. The molecule has 0 aliphatic rings. The minimum absolute atomic E-state index is 0.0602. The van der Waals surface area contributed by atoms with Gasteiger partial charge in [-0.2, -0.15) is 0 Å². The summed E-state index contributed by atoms with van der Waals surface area (Å²) in [6, 6.07) is 9.33. The Balaban J connectivity index is 2.08. The third-order valence-corrected chi connectivity index (χ3v) is 3.66. The van der Waals surface area contributed by atoms with Crippen molar-refractivity contribution in [2.24, 2.45) is 0 Å². The third kappa shape index (κ3) is 3.32. The summed E-state index contributed by atoms with van der Waals surface area (Å²) >= 11 is 1.97. The van der Waals surface area contributed by atoms with Crippen LogP contribution in [-0.2, 0) is 6.54 Å². The molecule has 5 nitrogen and oxygen atoms in total. The second-order valence-corrected chi connectivity index (χ2v) is 5.40. The topological polar surface area (TPSA) is 95.6 Å². The van der Waals surface area contributed by atoms with Gasteiger partial charge in [-0.25, -0.2) is 0 Å². The number of carbonyl (C=O) groups is 1. The molecule has 2 aromatic carbocycles. The van der Waals surface area contributed by atoms with Gasteiger partial charge in [-0.15, -0.1) is 0 Å². The minimum Gasteiger partial charge on any atom is -0.508 e. The normalized spacial score (nSPS) is 10.2. The van der Waals surface area contributed by atoms with E-state index < -0.39 is 0 Å². The number of phenols is 2. The lowest BCUT2D eigenvalue weighted by atomic mass is 10.1. The summed E-state index contributed by atoms with van der Waals surface area (Å²) in [4.78, 5) is 11.9. The van der Waals surface area contributed by atoms with E-state index in [0.29, 0.717) is 20.4 Å². The summed E-state index contributed by atoms with van der Waals surface area (Å²) in [5.41, 5.74) is 7.03. The Bertz CT molecular complexity index is 659. The van der Waals surface area contributed by atoms with E-state index in [4.69, 9.17) is 5.73 Å². The van der Waals surface area contributed by atoms with Crippen LogP contribution in [0.25, 0.3) is 0 Å². The van der Waals surface area contributed by atoms with E-state index in [1.165, 1.54) is 12.1 Å². The fourth-order valence-corrected chi connectivity index (χ4v) is 2.01. The quantitative estimate of drug-likeness (QED) is 0.371. The maximum absolute atomic E-state index is 11.9. The number of amides is 1. The Hall–Kier alpha value is -1.96. The number of nitrogen functional groups attached to an aromatic ring is 1. The van der Waals surface area contributed by atoms with Gasteiger partial charge in [0, 0.05) is 23.4 Å². The Morgan fingerprint density at radius 1 is 1.15 bits per heavy atom. The van der Waals surface area contributed by atoms with Crippen LogP contribution in [0.15, 0.2) is 36.4 Å². The third-order valence-electron chi connectivity index (χ3n) is 2.75. The number of anilines is 1.